The number of aliphatic carboxylic acids is 1. The average Bonchev–Trinajstić information content (AvgIpc) is 3.18. The molecule has 1 amide bonds. The maximum Gasteiger partial charge on any atom is 0.325 e. The summed E-state index contributed by atoms with van der Waals surface area (Å²) in [5.74, 6) is -0.396. The molecule has 1 aliphatic heterocycles. The quantitative estimate of drug-likeness (QED) is 0.498. The number of rotatable bonds is 7. The number of hydrogen-bond acceptors (Lipinski definition) is 3. The van der Waals surface area contributed by atoms with Crippen molar-refractivity contribution >= 4 is 28.5 Å². The summed E-state index contributed by atoms with van der Waals surface area (Å²) in [4.78, 5) is 29.6. The van der Waals surface area contributed by atoms with Crippen molar-refractivity contribution in [2.24, 2.45) is 11.8 Å². The molecule has 0 aliphatic carbocycles. The SMILES string of the molecule is CC(C)C(=O)Nc1ccc2c([C@H](C(=O)O)N3CCC(Cc4ccccc4)CC3)c[nH]c2c1. The van der Waals surface area contributed by atoms with Crippen LogP contribution in [0.1, 0.15) is 43.9 Å². The monoisotopic (exact) mass is 433 g/mol. The van der Waals surface area contributed by atoms with Gasteiger partial charge in [0, 0.05) is 34.3 Å². The van der Waals surface area contributed by atoms with Gasteiger partial charge < -0.3 is 15.4 Å². The second kappa shape index (κ2) is 9.57. The summed E-state index contributed by atoms with van der Waals surface area (Å²) in [5.41, 5.74) is 3.65. The third-order valence-corrected chi connectivity index (χ3v) is 6.42. The third-order valence-electron chi connectivity index (χ3n) is 6.42. The molecule has 168 valence electrons. The first-order chi connectivity index (χ1) is 15.4. The highest BCUT2D eigenvalue weighted by Crippen LogP contribution is 2.33. The Morgan fingerprint density at radius 1 is 1.12 bits per heavy atom. The van der Waals surface area contributed by atoms with Gasteiger partial charge in [-0.1, -0.05) is 50.2 Å². The molecule has 4 rings (SSSR count). The van der Waals surface area contributed by atoms with Gasteiger partial charge in [0.1, 0.15) is 6.04 Å². The molecule has 32 heavy (non-hydrogen) atoms. The number of carboxylic acids is 1. The van der Waals surface area contributed by atoms with Gasteiger partial charge in [-0.05, 0) is 56.0 Å². The van der Waals surface area contributed by atoms with Crippen molar-refractivity contribution in [2.45, 2.75) is 39.2 Å². The Morgan fingerprint density at radius 2 is 1.84 bits per heavy atom. The van der Waals surface area contributed by atoms with E-state index in [9.17, 15) is 14.7 Å². The number of carbonyl (C=O) groups is 2. The predicted octanol–water partition coefficient (Wildman–Crippen LogP) is 4.84. The lowest BCUT2D eigenvalue weighted by Crippen LogP contribution is -2.40. The fraction of sp³-hybridized carbons (Fsp3) is 0.385. The fourth-order valence-corrected chi connectivity index (χ4v) is 4.59. The molecule has 0 radical (unpaired) electrons. The summed E-state index contributed by atoms with van der Waals surface area (Å²) < 4.78 is 0. The molecule has 0 saturated carbocycles. The minimum absolute atomic E-state index is 0.0436. The Morgan fingerprint density at radius 3 is 2.50 bits per heavy atom. The molecule has 1 fully saturated rings. The molecule has 3 aromatic rings. The van der Waals surface area contributed by atoms with Gasteiger partial charge in [-0.2, -0.15) is 0 Å². The standard InChI is InChI=1S/C26H31N3O3/c1-17(2)25(30)28-20-8-9-21-22(16-27-23(21)15-20)24(26(31)32)29-12-10-19(11-13-29)14-18-6-4-3-5-7-18/h3-9,15-17,19,24,27H,10-14H2,1-2H3,(H,28,30)(H,31,32)/t24-/m1/s1. The summed E-state index contributed by atoms with van der Waals surface area (Å²) in [6, 6.07) is 15.4. The molecule has 0 spiro atoms. The number of aromatic amines is 1. The van der Waals surface area contributed by atoms with Gasteiger partial charge in [-0.25, -0.2) is 0 Å². The van der Waals surface area contributed by atoms with Crippen LogP contribution in [0, 0.1) is 11.8 Å². The normalized spacial score (nSPS) is 16.3. The summed E-state index contributed by atoms with van der Waals surface area (Å²) in [6.07, 6.45) is 4.83. The van der Waals surface area contributed by atoms with E-state index in [2.05, 4.69) is 39.5 Å². The smallest absolute Gasteiger partial charge is 0.325 e. The van der Waals surface area contributed by atoms with Crippen LogP contribution in [-0.4, -0.2) is 40.0 Å². The molecule has 6 heteroatoms. The van der Waals surface area contributed by atoms with Crippen LogP contribution in [0.15, 0.2) is 54.7 Å². The van der Waals surface area contributed by atoms with Crippen LogP contribution < -0.4 is 5.32 Å². The van der Waals surface area contributed by atoms with Gasteiger partial charge in [0.25, 0.3) is 0 Å². The number of nitrogens with zero attached hydrogens (tertiary/aromatic N) is 1. The van der Waals surface area contributed by atoms with E-state index in [0.29, 0.717) is 11.6 Å². The van der Waals surface area contributed by atoms with Crippen LogP contribution >= 0.6 is 0 Å². The van der Waals surface area contributed by atoms with Gasteiger partial charge in [0.15, 0.2) is 0 Å². The van der Waals surface area contributed by atoms with E-state index >= 15 is 0 Å². The fourth-order valence-electron chi connectivity index (χ4n) is 4.59. The zero-order valence-corrected chi connectivity index (χ0v) is 18.7. The van der Waals surface area contributed by atoms with Crippen LogP contribution in [0.5, 0.6) is 0 Å². The second-order valence-corrected chi connectivity index (χ2v) is 9.06. The van der Waals surface area contributed by atoms with Gasteiger partial charge >= 0.3 is 5.97 Å². The Bertz CT molecular complexity index is 1080. The topological polar surface area (TPSA) is 85.4 Å². The number of hydrogen-bond donors (Lipinski definition) is 3. The molecule has 1 saturated heterocycles. The van der Waals surface area contributed by atoms with Crippen LogP contribution in [0.3, 0.4) is 0 Å². The van der Waals surface area contributed by atoms with Crippen LogP contribution in [0.4, 0.5) is 5.69 Å². The number of amides is 1. The van der Waals surface area contributed by atoms with E-state index in [1.807, 2.05) is 38.1 Å². The van der Waals surface area contributed by atoms with Crippen LogP contribution in [0.2, 0.25) is 0 Å². The number of nitrogens with one attached hydrogen (secondary N) is 2. The van der Waals surface area contributed by atoms with Crippen molar-refractivity contribution in [1.29, 1.82) is 0 Å². The highest BCUT2D eigenvalue weighted by atomic mass is 16.4. The van der Waals surface area contributed by atoms with Crippen molar-refractivity contribution in [3.8, 4) is 0 Å². The van der Waals surface area contributed by atoms with Crippen LogP contribution in [-0.2, 0) is 16.0 Å². The molecule has 1 aromatic heterocycles. The highest BCUT2D eigenvalue weighted by Gasteiger charge is 2.32. The van der Waals surface area contributed by atoms with Gasteiger partial charge in [0.2, 0.25) is 5.91 Å². The number of likely N-dealkylation sites (tertiary alicyclic amines) is 1. The Labute approximate surface area is 188 Å². The van der Waals surface area contributed by atoms with Crippen molar-refractivity contribution in [1.82, 2.24) is 9.88 Å². The highest BCUT2D eigenvalue weighted by molar-refractivity contribution is 5.96. The van der Waals surface area contributed by atoms with Crippen molar-refractivity contribution in [2.75, 3.05) is 18.4 Å². The lowest BCUT2D eigenvalue weighted by atomic mass is 9.89. The van der Waals surface area contributed by atoms with Gasteiger partial charge in [-0.3, -0.25) is 14.5 Å². The van der Waals surface area contributed by atoms with E-state index in [1.165, 1.54) is 5.56 Å². The molecule has 2 heterocycles. The number of benzene rings is 2. The maximum absolute atomic E-state index is 12.3. The van der Waals surface area contributed by atoms with E-state index in [1.54, 1.807) is 6.20 Å². The number of anilines is 1. The number of H-pyrrole nitrogens is 1. The van der Waals surface area contributed by atoms with Crippen molar-refractivity contribution in [3.63, 3.8) is 0 Å². The van der Waals surface area contributed by atoms with Gasteiger partial charge in [0.05, 0.1) is 0 Å². The zero-order chi connectivity index (χ0) is 22.7. The minimum Gasteiger partial charge on any atom is -0.480 e. The van der Waals surface area contributed by atoms with E-state index in [0.717, 1.165) is 48.8 Å². The minimum atomic E-state index is -0.829. The first-order valence-corrected chi connectivity index (χ1v) is 11.3. The summed E-state index contributed by atoms with van der Waals surface area (Å²) in [6.45, 7) is 5.23. The lowest BCUT2D eigenvalue weighted by Gasteiger charge is -2.35. The number of piperidine rings is 1. The first kappa shape index (κ1) is 22.1. The zero-order valence-electron chi connectivity index (χ0n) is 18.7. The Hall–Kier alpha value is -3.12. The largest absolute Gasteiger partial charge is 0.480 e. The number of aromatic nitrogens is 1. The third kappa shape index (κ3) is 4.86. The summed E-state index contributed by atoms with van der Waals surface area (Å²) in [5, 5.41) is 13.9. The molecular weight excluding hydrogens is 402 g/mol. The van der Waals surface area contributed by atoms with Crippen LogP contribution in [0.25, 0.3) is 10.9 Å². The molecule has 3 N–H and O–H groups in total. The molecule has 1 atom stereocenters. The summed E-state index contributed by atoms with van der Waals surface area (Å²) >= 11 is 0. The molecule has 0 bridgehead atoms. The van der Waals surface area contributed by atoms with E-state index in [4.69, 9.17) is 0 Å². The maximum atomic E-state index is 12.3. The average molecular weight is 434 g/mol. The van der Waals surface area contributed by atoms with E-state index < -0.39 is 12.0 Å². The van der Waals surface area contributed by atoms with Gasteiger partial charge in [-0.15, -0.1) is 0 Å². The molecule has 1 aliphatic rings. The Kier molecular flexibility index (Phi) is 6.61. The lowest BCUT2D eigenvalue weighted by molar-refractivity contribution is -0.144. The van der Waals surface area contributed by atoms with Crippen molar-refractivity contribution < 1.29 is 14.7 Å². The predicted molar refractivity (Wildman–Crippen MR) is 127 cm³/mol. The van der Waals surface area contributed by atoms with E-state index in [-0.39, 0.29) is 11.8 Å². The molecular formula is C26H31N3O3. The Balaban J connectivity index is 1.48. The summed E-state index contributed by atoms with van der Waals surface area (Å²) in [7, 11) is 0. The number of carboxylic acid groups (broad SMARTS) is 1. The second-order valence-electron chi connectivity index (χ2n) is 9.06. The number of carbonyl (C=O) groups excluding carboxylic acids is 1. The molecule has 0 unspecified atom stereocenters. The van der Waals surface area contributed by atoms with Crippen molar-refractivity contribution in [3.05, 3.63) is 65.9 Å². The molecule has 2 aromatic carbocycles. The first-order valence-electron chi connectivity index (χ1n) is 11.3. The number of fused-ring (bicyclic) bond motifs is 1. The molecule has 6 nitrogen and oxygen atoms in total.